The number of nitrogens with two attached hydrogens (primary N) is 1. The second-order valence-corrected chi connectivity index (χ2v) is 5.21. The summed E-state index contributed by atoms with van der Waals surface area (Å²) >= 11 is 0. The molecule has 2 N–H and O–H groups in total. The molecule has 1 fully saturated rings. The quantitative estimate of drug-likeness (QED) is 0.925. The second kappa shape index (κ2) is 5.51. The predicted molar refractivity (Wildman–Crippen MR) is 77.1 cm³/mol. The first-order valence-corrected chi connectivity index (χ1v) is 7.05. The fourth-order valence-corrected chi connectivity index (χ4v) is 2.81. The van der Waals surface area contributed by atoms with Gasteiger partial charge in [-0.15, -0.1) is 0 Å². The third-order valence-corrected chi connectivity index (χ3v) is 3.88. The highest BCUT2D eigenvalue weighted by atomic mass is 16.5. The van der Waals surface area contributed by atoms with Crippen molar-refractivity contribution in [2.24, 2.45) is 0 Å². The number of rotatable bonds is 4. The van der Waals surface area contributed by atoms with Crippen LogP contribution < -0.4 is 5.73 Å². The molecule has 20 heavy (non-hydrogen) atoms. The van der Waals surface area contributed by atoms with Gasteiger partial charge in [0, 0.05) is 6.54 Å². The van der Waals surface area contributed by atoms with E-state index in [0.29, 0.717) is 30.8 Å². The number of nitrogens with zero attached hydrogens (tertiary/aromatic N) is 3. The molecule has 1 heterocycles. The van der Waals surface area contributed by atoms with E-state index in [1.54, 1.807) is 6.07 Å². The number of nitrogen functional groups attached to an aromatic ring is 1. The first-order valence-electron chi connectivity index (χ1n) is 7.05. The maximum Gasteiger partial charge on any atom is 0.201 e. The molecule has 1 saturated carbocycles. The summed E-state index contributed by atoms with van der Waals surface area (Å²) in [6.45, 7) is 1.31. The van der Waals surface area contributed by atoms with Crippen LogP contribution in [0.5, 0.6) is 0 Å². The van der Waals surface area contributed by atoms with Gasteiger partial charge in [0.15, 0.2) is 0 Å². The highest BCUT2D eigenvalue weighted by molar-refractivity contribution is 5.79. The SMILES string of the molecule is N#Cc1ccc2nc(N)n(CCOC3CCCC3)c2c1. The maximum absolute atomic E-state index is 8.98. The summed E-state index contributed by atoms with van der Waals surface area (Å²) in [7, 11) is 0. The van der Waals surface area contributed by atoms with Crippen LogP contribution in [0.25, 0.3) is 11.0 Å². The number of hydrogen-bond donors (Lipinski definition) is 1. The third-order valence-electron chi connectivity index (χ3n) is 3.88. The Hall–Kier alpha value is -2.06. The van der Waals surface area contributed by atoms with Crippen molar-refractivity contribution in [2.75, 3.05) is 12.3 Å². The molecule has 104 valence electrons. The number of benzene rings is 1. The predicted octanol–water partition coefficient (Wildman–Crippen LogP) is 2.45. The van der Waals surface area contributed by atoms with Crippen LogP contribution in [0.15, 0.2) is 18.2 Å². The van der Waals surface area contributed by atoms with Gasteiger partial charge in [-0.1, -0.05) is 12.8 Å². The lowest BCUT2D eigenvalue weighted by Crippen LogP contribution is -2.14. The van der Waals surface area contributed by atoms with Gasteiger partial charge in [0.05, 0.1) is 35.4 Å². The number of nitriles is 1. The van der Waals surface area contributed by atoms with Gasteiger partial charge < -0.3 is 15.0 Å². The molecule has 1 aromatic carbocycles. The third kappa shape index (κ3) is 2.47. The number of aromatic nitrogens is 2. The van der Waals surface area contributed by atoms with Crippen molar-refractivity contribution >= 4 is 17.0 Å². The van der Waals surface area contributed by atoms with Gasteiger partial charge in [0.1, 0.15) is 0 Å². The molecular weight excluding hydrogens is 252 g/mol. The van der Waals surface area contributed by atoms with Gasteiger partial charge in [0.2, 0.25) is 5.95 Å². The Bertz CT molecular complexity index is 650. The fourth-order valence-electron chi connectivity index (χ4n) is 2.81. The lowest BCUT2D eigenvalue weighted by Gasteiger charge is -2.12. The number of ether oxygens (including phenoxy) is 1. The topological polar surface area (TPSA) is 76.9 Å². The number of hydrogen-bond acceptors (Lipinski definition) is 4. The van der Waals surface area contributed by atoms with Crippen LogP contribution in [0.2, 0.25) is 0 Å². The Balaban J connectivity index is 1.75. The van der Waals surface area contributed by atoms with Gasteiger partial charge in [-0.05, 0) is 31.0 Å². The largest absolute Gasteiger partial charge is 0.376 e. The molecule has 5 nitrogen and oxygen atoms in total. The van der Waals surface area contributed by atoms with Crippen molar-refractivity contribution in [2.45, 2.75) is 38.3 Å². The molecule has 1 aliphatic rings. The number of anilines is 1. The molecular formula is C15H18N4O. The Morgan fingerprint density at radius 1 is 1.40 bits per heavy atom. The molecule has 1 aromatic heterocycles. The minimum Gasteiger partial charge on any atom is -0.376 e. The normalized spacial score (nSPS) is 15.8. The van der Waals surface area contributed by atoms with Crippen LogP contribution in [0.1, 0.15) is 31.2 Å². The van der Waals surface area contributed by atoms with Crippen molar-refractivity contribution in [1.29, 1.82) is 5.26 Å². The summed E-state index contributed by atoms with van der Waals surface area (Å²) in [4.78, 5) is 4.31. The molecule has 0 unspecified atom stereocenters. The van der Waals surface area contributed by atoms with E-state index >= 15 is 0 Å². The average Bonchev–Trinajstić information content (AvgIpc) is 3.07. The van der Waals surface area contributed by atoms with Crippen molar-refractivity contribution in [3.05, 3.63) is 23.8 Å². The van der Waals surface area contributed by atoms with Crippen LogP contribution in [0.3, 0.4) is 0 Å². The highest BCUT2D eigenvalue weighted by Gasteiger charge is 2.15. The van der Waals surface area contributed by atoms with Crippen molar-refractivity contribution in [3.63, 3.8) is 0 Å². The minimum absolute atomic E-state index is 0.403. The van der Waals surface area contributed by atoms with E-state index in [9.17, 15) is 0 Å². The second-order valence-electron chi connectivity index (χ2n) is 5.21. The maximum atomic E-state index is 8.98. The molecule has 2 aromatic rings. The molecule has 0 amide bonds. The van der Waals surface area contributed by atoms with Crippen LogP contribution in [0, 0.1) is 11.3 Å². The zero-order chi connectivity index (χ0) is 13.9. The summed E-state index contributed by atoms with van der Waals surface area (Å²) in [6, 6.07) is 7.56. The van der Waals surface area contributed by atoms with Crippen LogP contribution in [-0.4, -0.2) is 22.3 Å². The number of imidazole rings is 1. The summed E-state index contributed by atoms with van der Waals surface area (Å²) in [6.07, 6.45) is 5.27. The standard InChI is InChI=1S/C15H18N4O/c16-10-11-5-6-13-14(9-11)19(15(17)18-13)7-8-20-12-3-1-2-4-12/h5-6,9,12H,1-4,7-8H2,(H2,17,18). The monoisotopic (exact) mass is 270 g/mol. The van der Waals surface area contributed by atoms with Gasteiger partial charge in [-0.25, -0.2) is 4.98 Å². The van der Waals surface area contributed by atoms with Crippen LogP contribution >= 0.6 is 0 Å². The summed E-state index contributed by atoms with van der Waals surface area (Å²) in [5, 5.41) is 8.98. The van der Waals surface area contributed by atoms with Crippen LogP contribution in [0.4, 0.5) is 5.95 Å². The Labute approximate surface area is 118 Å². The van der Waals surface area contributed by atoms with E-state index in [1.165, 1.54) is 25.7 Å². The fraction of sp³-hybridized carbons (Fsp3) is 0.467. The van der Waals surface area contributed by atoms with E-state index < -0.39 is 0 Å². The minimum atomic E-state index is 0.403. The summed E-state index contributed by atoms with van der Waals surface area (Å²) in [5.41, 5.74) is 8.29. The van der Waals surface area contributed by atoms with E-state index in [-0.39, 0.29) is 0 Å². The van der Waals surface area contributed by atoms with Gasteiger partial charge in [-0.2, -0.15) is 5.26 Å². The molecule has 0 radical (unpaired) electrons. The smallest absolute Gasteiger partial charge is 0.201 e. The molecule has 1 aliphatic carbocycles. The Kier molecular flexibility index (Phi) is 3.57. The summed E-state index contributed by atoms with van der Waals surface area (Å²) in [5.74, 6) is 0.477. The Morgan fingerprint density at radius 3 is 2.95 bits per heavy atom. The molecule has 3 rings (SSSR count). The van der Waals surface area contributed by atoms with Gasteiger partial charge in [0.25, 0.3) is 0 Å². The first-order chi connectivity index (χ1) is 9.78. The Morgan fingerprint density at radius 2 is 2.20 bits per heavy atom. The van der Waals surface area contributed by atoms with Gasteiger partial charge >= 0.3 is 0 Å². The highest BCUT2D eigenvalue weighted by Crippen LogP contribution is 2.22. The van der Waals surface area contributed by atoms with E-state index in [1.807, 2.05) is 16.7 Å². The average molecular weight is 270 g/mol. The first kappa shape index (κ1) is 12.9. The lowest BCUT2D eigenvalue weighted by atomic mass is 10.2. The van der Waals surface area contributed by atoms with Crippen molar-refractivity contribution < 1.29 is 4.74 Å². The molecule has 0 atom stereocenters. The zero-order valence-corrected chi connectivity index (χ0v) is 11.4. The van der Waals surface area contributed by atoms with Crippen LogP contribution in [-0.2, 0) is 11.3 Å². The van der Waals surface area contributed by atoms with Crippen molar-refractivity contribution in [1.82, 2.24) is 9.55 Å². The molecule has 5 heteroatoms. The molecule has 0 saturated heterocycles. The van der Waals surface area contributed by atoms with E-state index in [2.05, 4.69) is 11.1 Å². The number of fused-ring (bicyclic) bond motifs is 1. The van der Waals surface area contributed by atoms with Crippen molar-refractivity contribution in [3.8, 4) is 6.07 Å². The lowest BCUT2D eigenvalue weighted by molar-refractivity contribution is 0.0537. The molecule has 0 bridgehead atoms. The van der Waals surface area contributed by atoms with E-state index in [0.717, 1.165) is 11.0 Å². The molecule has 0 aliphatic heterocycles. The molecule has 0 spiro atoms. The van der Waals surface area contributed by atoms with Gasteiger partial charge in [-0.3, -0.25) is 0 Å². The van der Waals surface area contributed by atoms with E-state index in [4.69, 9.17) is 15.7 Å². The zero-order valence-electron chi connectivity index (χ0n) is 11.4. The summed E-state index contributed by atoms with van der Waals surface area (Å²) < 4.78 is 7.79.